The Morgan fingerprint density at radius 3 is 2.57 bits per heavy atom. The lowest BCUT2D eigenvalue weighted by Crippen LogP contribution is -2.55. The minimum absolute atomic E-state index is 0.700. The monoisotopic (exact) mass is 426 g/mol. The maximum atomic E-state index is 5.29. The molecule has 3 aliphatic rings. The third-order valence-corrected chi connectivity index (χ3v) is 8.14. The van der Waals surface area contributed by atoms with Crippen LogP contribution in [0.5, 0.6) is 5.75 Å². The molecule has 5 nitrogen and oxygen atoms in total. The molecule has 162 valence electrons. The van der Waals surface area contributed by atoms with Crippen LogP contribution in [-0.2, 0) is 19.4 Å². The van der Waals surface area contributed by atoms with Gasteiger partial charge in [0.05, 0.1) is 19.3 Å². The molecule has 1 aromatic carbocycles. The van der Waals surface area contributed by atoms with Gasteiger partial charge in [-0.15, -0.1) is 11.3 Å². The summed E-state index contributed by atoms with van der Waals surface area (Å²) in [6.45, 7) is 8.04. The summed E-state index contributed by atoms with van der Waals surface area (Å²) in [4.78, 5) is 14.5. The van der Waals surface area contributed by atoms with Crippen LogP contribution >= 0.6 is 11.3 Å². The van der Waals surface area contributed by atoms with Crippen molar-refractivity contribution in [2.75, 3.05) is 51.3 Å². The number of piperazine rings is 1. The number of ether oxygens (including phenoxy) is 1. The molecule has 2 aromatic rings. The van der Waals surface area contributed by atoms with Crippen LogP contribution in [0.3, 0.4) is 0 Å². The minimum atomic E-state index is 0.700. The Kier molecular flexibility index (Phi) is 6.25. The molecule has 0 radical (unpaired) electrons. The number of thiazole rings is 1. The topological polar surface area (TPSA) is 31.8 Å². The predicted octanol–water partition coefficient (Wildman–Crippen LogP) is 3.82. The summed E-state index contributed by atoms with van der Waals surface area (Å²) in [6, 6.07) is 9.20. The fraction of sp³-hybridized carbons (Fsp3) is 0.625. The van der Waals surface area contributed by atoms with Crippen molar-refractivity contribution < 1.29 is 4.74 Å². The molecular weight excluding hydrogens is 392 g/mol. The molecule has 0 amide bonds. The summed E-state index contributed by atoms with van der Waals surface area (Å²) in [7, 11) is 1.73. The molecule has 1 aliphatic carbocycles. The Morgan fingerprint density at radius 2 is 1.80 bits per heavy atom. The molecule has 0 unspecified atom stereocenters. The minimum Gasteiger partial charge on any atom is -0.497 e. The fourth-order valence-corrected chi connectivity index (χ4v) is 6.47. The van der Waals surface area contributed by atoms with Crippen molar-refractivity contribution in [2.24, 2.45) is 0 Å². The second-order valence-corrected chi connectivity index (χ2v) is 10.1. The first-order chi connectivity index (χ1) is 14.8. The maximum absolute atomic E-state index is 5.29. The lowest BCUT2D eigenvalue weighted by molar-refractivity contribution is 0.0887. The highest BCUT2D eigenvalue weighted by Crippen LogP contribution is 2.29. The predicted molar refractivity (Wildman–Crippen MR) is 124 cm³/mol. The SMILES string of the molecule is COc1ccc(N2CCN([C@@H]3CCCN(Cc4nc5c(s4)CCCC5)C3)CC2)cc1. The van der Waals surface area contributed by atoms with Crippen LogP contribution in [0.4, 0.5) is 5.69 Å². The zero-order chi connectivity index (χ0) is 20.3. The highest BCUT2D eigenvalue weighted by Gasteiger charge is 2.29. The van der Waals surface area contributed by atoms with Crippen molar-refractivity contribution in [1.29, 1.82) is 0 Å². The van der Waals surface area contributed by atoms with Gasteiger partial charge in [0.15, 0.2) is 0 Å². The normalized spacial score (nSPS) is 23.4. The third-order valence-electron chi connectivity index (χ3n) is 7.00. The molecule has 3 heterocycles. The number of fused-ring (bicyclic) bond motifs is 1. The smallest absolute Gasteiger partial charge is 0.119 e. The van der Waals surface area contributed by atoms with Crippen molar-refractivity contribution in [3.05, 3.63) is 39.8 Å². The number of hydrogen-bond acceptors (Lipinski definition) is 6. The van der Waals surface area contributed by atoms with Crippen LogP contribution in [-0.4, -0.2) is 67.2 Å². The largest absolute Gasteiger partial charge is 0.497 e. The number of aromatic nitrogens is 1. The van der Waals surface area contributed by atoms with E-state index < -0.39 is 0 Å². The third kappa shape index (κ3) is 4.51. The summed E-state index contributed by atoms with van der Waals surface area (Å²) >= 11 is 1.98. The lowest BCUT2D eigenvalue weighted by atomic mass is 10.0. The first-order valence-electron chi connectivity index (χ1n) is 11.6. The molecule has 2 aliphatic heterocycles. The number of benzene rings is 1. The summed E-state index contributed by atoms with van der Waals surface area (Å²) in [5.41, 5.74) is 2.72. The van der Waals surface area contributed by atoms with Crippen molar-refractivity contribution in [2.45, 2.75) is 51.1 Å². The summed E-state index contributed by atoms with van der Waals surface area (Å²) in [5.74, 6) is 0.931. The summed E-state index contributed by atoms with van der Waals surface area (Å²) in [6.07, 6.45) is 7.79. The molecule has 0 spiro atoms. The second-order valence-electron chi connectivity index (χ2n) is 8.94. The van der Waals surface area contributed by atoms with Gasteiger partial charge in [0.2, 0.25) is 0 Å². The molecule has 2 fully saturated rings. The molecule has 6 heteroatoms. The van der Waals surface area contributed by atoms with Crippen molar-refractivity contribution in [3.8, 4) is 5.75 Å². The van der Waals surface area contributed by atoms with Crippen LogP contribution in [0.15, 0.2) is 24.3 Å². The number of rotatable bonds is 5. The molecular formula is C24H34N4OS. The van der Waals surface area contributed by atoms with Gasteiger partial charge < -0.3 is 9.64 Å². The van der Waals surface area contributed by atoms with Gasteiger partial charge in [-0.1, -0.05) is 0 Å². The summed E-state index contributed by atoms with van der Waals surface area (Å²) in [5, 5.41) is 1.35. The quantitative estimate of drug-likeness (QED) is 0.726. The molecule has 0 bridgehead atoms. The van der Waals surface area contributed by atoms with Crippen molar-refractivity contribution in [3.63, 3.8) is 0 Å². The van der Waals surface area contributed by atoms with E-state index in [-0.39, 0.29) is 0 Å². The van der Waals surface area contributed by atoms with E-state index in [1.54, 1.807) is 12.0 Å². The zero-order valence-corrected chi connectivity index (χ0v) is 19.0. The standard InChI is InChI=1S/C24H34N4OS/c1-29-21-10-8-19(9-11-21)27-13-15-28(16-14-27)20-5-4-12-26(17-20)18-24-25-22-6-2-3-7-23(22)30-24/h8-11,20H,2-7,12-18H2,1H3/t20-/m1/s1. The van der Waals surface area contributed by atoms with Gasteiger partial charge in [0.1, 0.15) is 10.8 Å². The summed E-state index contributed by atoms with van der Waals surface area (Å²) < 4.78 is 5.29. The van der Waals surface area contributed by atoms with Crippen LogP contribution in [0.1, 0.15) is 41.3 Å². The van der Waals surface area contributed by atoms with Gasteiger partial charge in [0.25, 0.3) is 0 Å². The van der Waals surface area contributed by atoms with Crippen LogP contribution < -0.4 is 9.64 Å². The number of hydrogen-bond donors (Lipinski definition) is 0. The van der Waals surface area contributed by atoms with Crippen LogP contribution in [0, 0.1) is 0 Å². The van der Waals surface area contributed by atoms with E-state index in [1.807, 2.05) is 11.3 Å². The number of aryl methyl sites for hydroxylation is 2. The lowest BCUT2D eigenvalue weighted by Gasteiger charge is -2.43. The number of anilines is 1. The van der Waals surface area contributed by atoms with Gasteiger partial charge >= 0.3 is 0 Å². The Morgan fingerprint density at radius 1 is 1.00 bits per heavy atom. The maximum Gasteiger partial charge on any atom is 0.119 e. The number of methoxy groups -OCH3 is 1. The van der Waals surface area contributed by atoms with Gasteiger partial charge in [-0.25, -0.2) is 4.98 Å². The highest BCUT2D eigenvalue weighted by atomic mass is 32.1. The first-order valence-corrected chi connectivity index (χ1v) is 12.4. The molecule has 5 rings (SSSR count). The van der Waals surface area contributed by atoms with E-state index in [4.69, 9.17) is 9.72 Å². The average molecular weight is 427 g/mol. The second kappa shape index (κ2) is 9.25. The molecule has 0 N–H and O–H groups in total. The van der Waals surface area contributed by atoms with Crippen LogP contribution in [0.2, 0.25) is 0 Å². The van der Waals surface area contributed by atoms with Gasteiger partial charge in [0, 0.05) is 49.3 Å². The Balaban J connectivity index is 1.14. The Hall–Kier alpha value is -1.63. The highest BCUT2D eigenvalue weighted by molar-refractivity contribution is 7.11. The van der Waals surface area contributed by atoms with Gasteiger partial charge in [-0.3, -0.25) is 9.80 Å². The van der Waals surface area contributed by atoms with Gasteiger partial charge in [-0.2, -0.15) is 0 Å². The van der Waals surface area contributed by atoms with E-state index in [1.165, 1.54) is 68.0 Å². The Bertz CT molecular complexity index is 805. The average Bonchev–Trinajstić information content (AvgIpc) is 3.22. The first kappa shape index (κ1) is 20.3. The molecule has 0 saturated carbocycles. The van der Waals surface area contributed by atoms with Crippen molar-refractivity contribution in [1.82, 2.24) is 14.8 Å². The molecule has 1 aromatic heterocycles. The van der Waals surface area contributed by atoms with E-state index in [9.17, 15) is 0 Å². The molecule has 2 saturated heterocycles. The van der Waals surface area contributed by atoms with Gasteiger partial charge in [-0.05, 0) is 69.3 Å². The Labute approximate surface area is 184 Å². The van der Waals surface area contributed by atoms with E-state index in [2.05, 4.69) is 39.0 Å². The zero-order valence-electron chi connectivity index (χ0n) is 18.2. The van der Waals surface area contributed by atoms with E-state index in [0.717, 1.165) is 38.5 Å². The van der Waals surface area contributed by atoms with Crippen molar-refractivity contribution >= 4 is 17.0 Å². The van der Waals surface area contributed by atoms with Crippen LogP contribution in [0.25, 0.3) is 0 Å². The van der Waals surface area contributed by atoms with E-state index >= 15 is 0 Å². The molecule has 30 heavy (non-hydrogen) atoms. The number of likely N-dealkylation sites (tertiary alicyclic amines) is 1. The number of piperidine rings is 1. The molecule has 1 atom stereocenters. The fourth-order valence-electron chi connectivity index (χ4n) is 5.28. The van der Waals surface area contributed by atoms with E-state index in [0.29, 0.717) is 6.04 Å². The number of nitrogens with zero attached hydrogens (tertiary/aromatic N) is 4.